The molecule has 9 heteroatoms. The van der Waals surface area contributed by atoms with Gasteiger partial charge < -0.3 is 4.90 Å². The second kappa shape index (κ2) is 9.66. The quantitative estimate of drug-likeness (QED) is 0.107. The molecule has 0 radical (unpaired) electrons. The van der Waals surface area contributed by atoms with E-state index in [2.05, 4.69) is 66.0 Å². The van der Waals surface area contributed by atoms with Crippen molar-refractivity contribution in [3.8, 4) is 0 Å². The minimum atomic E-state index is -0.217. The maximum Gasteiger partial charge on any atom is 0.0717 e. The van der Waals surface area contributed by atoms with Gasteiger partial charge in [-0.1, -0.05) is 47.0 Å². The molecule has 2 spiro atoms. The highest BCUT2D eigenvalue weighted by molar-refractivity contribution is 8.45. The highest BCUT2D eigenvalue weighted by atomic mass is 32.3. The highest BCUT2D eigenvalue weighted by Gasteiger charge is 2.75. The summed E-state index contributed by atoms with van der Waals surface area (Å²) in [4.78, 5) is 3.05. The Hall–Kier alpha value is -5.56. The third kappa shape index (κ3) is 2.43. The lowest BCUT2D eigenvalue weighted by atomic mass is 9.48. The molecule has 0 N–H and O–H groups in total. The van der Waals surface area contributed by atoms with Gasteiger partial charge in [0.2, 0.25) is 0 Å². The van der Waals surface area contributed by atoms with Crippen LogP contribution in [0, 0.1) is 0 Å². The van der Waals surface area contributed by atoms with Crippen LogP contribution in [0.3, 0.4) is 0 Å². The Morgan fingerprint density at radius 2 is 0.524 bits per heavy atom. The van der Waals surface area contributed by atoms with E-state index in [0.717, 1.165) is 12.3 Å². The maximum atomic E-state index is 3.05. The van der Waals surface area contributed by atoms with Gasteiger partial charge in [0.25, 0.3) is 0 Å². The summed E-state index contributed by atoms with van der Waals surface area (Å²) >= 11 is 16.2. The summed E-state index contributed by atoms with van der Waals surface area (Å²) in [6.07, 6.45) is 9.24. The molecule has 3 aliphatic heterocycles. The summed E-state index contributed by atoms with van der Waals surface area (Å²) in [5.74, 6) is 1.16. The monoisotopic (exact) mass is 1190 g/mol. The first kappa shape index (κ1) is 37.9. The Balaban J connectivity index is 0.823. The molecule has 7 aliphatic rings. The maximum absolute atomic E-state index is 3.05. The lowest BCUT2D eigenvalue weighted by Gasteiger charge is -2.52. The fourth-order valence-corrected chi connectivity index (χ4v) is 38.0. The van der Waals surface area contributed by atoms with Crippen LogP contribution in [0.15, 0.2) is 25.4 Å². The molecular weight excluding hydrogens is 1170 g/mol. The molecule has 0 bridgehead atoms. The molecule has 35 rings (SSSR count). The van der Waals surface area contributed by atoms with Crippen molar-refractivity contribution in [1.29, 1.82) is 0 Å². The van der Waals surface area contributed by atoms with Crippen LogP contribution in [-0.4, -0.2) is 49.1 Å². The van der Waals surface area contributed by atoms with E-state index in [-0.39, 0.29) is 10.8 Å². The molecule has 84 heavy (non-hydrogen) atoms. The highest BCUT2D eigenvalue weighted by Crippen LogP contribution is 2.86. The van der Waals surface area contributed by atoms with E-state index in [1.54, 1.807) is 295 Å². The second-order valence-electron chi connectivity index (χ2n) is 28.6. The molecule has 1 unspecified atom stereocenters. The third-order valence-corrected chi connectivity index (χ3v) is 38.9. The van der Waals surface area contributed by atoms with E-state index in [9.17, 15) is 0 Å². The van der Waals surface area contributed by atoms with E-state index in [1.807, 2.05) is 81.1 Å². The van der Waals surface area contributed by atoms with Crippen molar-refractivity contribution in [2.45, 2.75) is 29.7 Å². The standard InChI is InChI=1S/C75H21NS8/c1-76-8-74-64-56-48-38-28-20-12-10-11-14-18-16(12)24-32-26(18)36-30-22(14)23-15(11)19-17-13(10)21(20)29-35-25(17)33-27(19)37-31(23)41-40(30)52-46(36)54-44(32)50(42(48)34(24)28)58(64)60(54)66-62(52)63-53(41)47(37)55-45(33)51-43(35)49(39(29)38)57(56)65(74)59(51)61(55)67(63)75(66,74)9(76)6-5-7-80-71-70(79-4)83-73(84-71)72-81-68(77-2)69(78-3)82-72/h9H,5-8H2,1-4H3. The molecule has 1 fully saturated rings. The molecule has 28 aromatic rings. The Morgan fingerprint density at radius 1 is 0.310 bits per heavy atom. The molecule has 1 atom stereocenters. The zero-order valence-electron chi connectivity index (χ0n) is 44.1. The predicted molar refractivity (Wildman–Crippen MR) is 384 cm³/mol. The Bertz CT molecular complexity index is 7720. The summed E-state index contributed by atoms with van der Waals surface area (Å²) in [5.41, 5.74) is 6.89. The van der Waals surface area contributed by atoms with Gasteiger partial charge >= 0.3 is 0 Å². The number of nitrogens with zero attached hydrogens (tertiary/aromatic N) is 1. The molecule has 0 amide bonds. The molecule has 28 aromatic carbocycles. The Labute approximate surface area is 500 Å². The summed E-state index contributed by atoms with van der Waals surface area (Å²) < 4.78 is 9.00. The van der Waals surface area contributed by atoms with Crippen molar-refractivity contribution in [3.63, 3.8) is 0 Å². The number of benzene rings is 18. The van der Waals surface area contributed by atoms with E-state index in [1.165, 1.54) is 34.0 Å². The first-order chi connectivity index (χ1) is 41.6. The minimum Gasteiger partial charge on any atom is -0.301 e. The van der Waals surface area contributed by atoms with Crippen LogP contribution in [0.2, 0.25) is 0 Å². The van der Waals surface area contributed by atoms with Gasteiger partial charge in [0.05, 0.1) is 36.3 Å². The predicted octanol–water partition coefficient (Wildman–Crippen LogP) is 23.6. The number of likely N-dealkylation sites (tertiary alicyclic amines) is 1. The summed E-state index contributed by atoms with van der Waals surface area (Å²) in [7, 11) is 2.65. The normalized spacial score (nSPS) is 24.1. The SMILES string of the molecule is CSC1=C(SC)SC(=C2SC(SC)=C(SCCCC3N(C)CC45c6c7c8c9c%10c%11c(c%12c%13c4c4c6c6c%14c7c7c8c8c%10c%10c%15c%11c%11c%12c%12c%13c%13c4c4c6c6c%14c%14c7c7c8c%10c8c%10c%15c%11c%11c%12c%12c%13c4c4c6c6c%14c7c8c7c%10c%11c%12c4c67)C935)S2)S1. The van der Waals surface area contributed by atoms with E-state index in [4.69, 9.17) is 0 Å². The molecule has 0 saturated carbocycles. The topological polar surface area (TPSA) is 3.24 Å². The zero-order valence-corrected chi connectivity index (χ0v) is 50.7. The molecule has 1 nitrogen and oxygen atoms in total. The van der Waals surface area contributed by atoms with Crippen LogP contribution in [0.1, 0.15) is 35.1 Å². The fraction of sp³-hybridized carbons (Fsp3) is 0.147. The lowest BCUT2D eigenvalue weighted by Crippen LogP contribution is -2.54. The number of hydrogen-bond donors (Lipinski definition) is 0. The minimum absolute atomic E-state index is 0.200. The van der Waals surface area contributed by atoms with Gasteiger partial charge in [-0.05, 0) is 358 Å². The number of rotatable bonds is 8. The zero-order chi connectivity index (χ0) is 51.6. The molecule has 0 aromatic heterocycles. The van der Waals surface area contributed by atoms with Crippen molar-refractivity contribution in [3.05, 3.63) is 47.7 Å². The largest absolute Gasteiger partial charge is 0.301 e. The summed E-state index contributed by atoms with van der Waals surface area (Å²) in [5, 5.41) is 91.5. The van der Waals surface area contributed by atoms with Crippen LogP contribution in [-0.2, 0) is 10.8 Å². The number of thioether (sulfide) groups is 8. The third-order valence-electron chi connectivity index (χ3n) is 27.7. The van der Waals surface area contributed by atoms with Crippen molar-refractivity contribution in [2.75, 3.05) is 38.1 Å². The van der Waals surface area contributed by atoms with E-state index in [0.29, 0.717) is 6.04 Å². The first-order valence-electron chi connectivity index (χ1n) is 30.3. The van der Waals surface area contributed by atoms with Gasteiger partial charge in [-0.25, -0.2) is 0 Å². The van der Waals surface area contributed by atoms with Gasteiger partial charge in [0.1, 0.15) is 0 Å². The van der Waals surface area contributed by atoms with Gasteiger partial charge in [0, 0.05) is 12.6 Å². The van der Waals surface area contributed by atoms with Crippen molar-refractivity contribution >= 4 is 385 Å². The second-order valence-corrected chi connectivity index (χ2v) is 37.8. The molecule has 3 heterocycles. The Morgan fingerprint density at radius 3 is 0.774 bits per heavy atom. The van der Waals surface area contributed by atoms with Crippen LogP contribution >= 0.6 is 94.1 Å². The number of likely N-dealkylation sites (N-methyl/N-ethyl adjacent to an activating group) is 1. The van der Waals surface area contributed by atoms with Crippen molar-refractivity contribution < 1.29 is 0 Å². The Kier molecular flexibility index (Phi) is 4.36. The van der Waals surface area contributed by atoms with Gasteiger partial charge in [-0.2, -0.15) is 0 Å². The molecule has 374 valence electrons. The smallest absolute Gasteiger partial charge is 0.0717 e. The number of hydrogen-bond acceptors (Lipinski definition) is 9. The van der Waals surface area contributed by atoms with Crippen LogP contribution in [0.25, 0.3) is 291 Å². The first-order valence-corrected chi connectivity index (χ1v) is 38.2. The van der Waals surface area contributed by atoms with Gasteiger partial charge in [-0.15, -0.1) is 47.0 Å². The van der Waals surface area contributed by atoms with Gasteiger partial charge in [0.15, 0.2) is 0 Å². The fourth-order valence-electron chi connectivity index (χ4n) is 27.2. The molecule has 1 saturated heterocycles. The van der Waals surface area contributed by atoms with Crippen LogP contribution < -0.4 is 0 Å². The average molecular weight is 1190 g/mol. The van der Waals surface area contributed by atoms with Crippen molar-refractivity contribution in [2.24, 2.45) is 0 Å². The molecule has 4 aliphatic carbocycles. The van der Waals surface area contributed by atoms with Crippen LogP contribution in [0.5, 0.6) is 0 Å². The van der Waals surface area contributed by atoms with E-state index < -0.39 is 0 Å². The van der Waals surface area contributed by atoms with E-state index >= 15 is 0 Å². The van der Waals surface area contributed by atoms with Crippen molar-refractivity contribution in [1.82, 2.24) is 4.90 Å². The summed E-state index contributed by atoms with van der Waals surface area (Å²) in [6.45, 7) is 1.10. The van der Waals surface area contributed by atoms with Gasteiger partial charge in [-0.3, -0.25) is 0 Å². The summed E-state index contributed by atoms with van der Waals surface area (Å²) in [6, 6.07) is 0.360. The average Bonchev–Trinajstić information content (AvgIpc) is 1.38. The molecular formula is C75H21NS8. The lowest BCUT2D eigenvalue weighted by molar-refractivity contribution is 0.250. The van der Waals surface area contributed by atoms with Crippen LogP contribution in [0.4, 0.5) is 0 Å².